The molecule has 8 nitrogen and oxygen atoms in total. The van der Waals surface area contributed by atoms with Crippen LogP contribution in [0.15, 0.2) is 72.3 Å². The van der Waals surface area contributed by atoms with Crippen molar-refractivity contribution in [3.05, 3.63) is 88.6 Å². The second-order valence-electron chi connectivity index (χ2n) is 11.6. The summed E-state index contributed by atoms with van der Waals surface area (Å²) in [6.45, 7) is 0. The lowest BCUT2D eigenvalue weighted by molar-refractivity contribution is -0.126. The van der Waals surface area contributed by atoms with Gasteiger partial charge in [0.1, 0.15) is 0 Å². The number of hydrogen-bond acceptors (Lipinski definition) is 6. The number of phenolic OH excluding ortho intramolecular Hbond substituents is 1. The van der Waals surface area contributed by atoms with Crippen molar-refractivity contribution < 1.29 is 29.0 Å². The molecule has 7 rings (SSSR count). The summed E-state index contributed by atoms with van der Waals surface area (Å²) < 4.78 is 8.01. The number of anilines is 2. The van der Waals surface area contributed by atoms with Gasteiger partial charge in [-0.15, -0.1) is 0 Å². The van der Waals surface area contributed by atoms with E-state index in [2.05, 4.69) is 45.2 Å². The molecule has 2 saturated heterocycles. The number of aromatic hydroxyl groups is 1. The van der Waals surface area contributed by atoms with Crippen molar-refractivity contribution in [1.29, 1.82) is 0 Å². The standard InChI is InChI=1S/C33H25I3N2O6/c1-44-25-13-15(12-24(36)29(25)39)26-20-10-11-21-27(32(42)37(30(21)40)18-6-2-16(34)3-7-18)22(20)14-23-28(26)33(43)38(31(23)41)19-8-4-17(35)5-9-19/h2-10,12-13,21-23,26-28,39H,11,14H2,1H3/t21-,22+,23+,26-,27-,28+/m0/s1. The number of methoxy groups -OCH3 is 1. The third-order valence-corrected chi connectivity index (χ3v) is 11.7. The molecule has 4 aliphatic rings. The van der Waals surface area contributed by atoms with E-state index in [1.165, 1.54) is 16.9 Å². The molecule has 0 aromatic heterocycles. The number of carbonyl (C=O) groups is 4. The zero-order valence-corrected chi connectivity index (χ0v) is 29.7. The maximum Gasteiger partial charge on any atom is 0.238 e. The summed E-state index contributed by atoms with van der Waals surface area (Å²) in [7, 11) is 1.47. The zero-order chi connectivity index (χ0) is 31.0. The number of imide groups is 2. The number of phenols is 1. The van der Waals surface area contributed by atoms with Crippen LogP contribution >= 0.6 is 67.8 Å². The summed E-state index contributed by atoms with van der Waals surface area (Å²) in [5.41, 5.74) is 2.67. The van der Waals surface area contributed by atoms with Crippen LogP contribution < -0.4 is 14.5 Å². The molecule has 6 atom stereocenters. The smallest absolute Gasteiger partial charge is 0.238 e. The lowest BCUT2D eigenvalue weighted by atomic mass is 9.57. The van der Waals surface area contributed by atoms with E-state index in [0.29, 0.717) is 27.8 Å². The Morgan fingerprint density at radius 1 is 0.727 bits per heavy atom. The Kier molecular flexibility index (Phi) is 7.79. The SMILES string of the molecule is COc1cc([C@H]2C3=CC[C@@H]4C(=O)N(c5ccc(I)cc5)C(=O)[C@@H]4[C@@H]3C[C@H]3C(=O)N(c4ccc(I)cc4)C(=O)[C@@H]23)cc(I)c1O. The summed E-state index contributed by atoms with van der Waals surface area (Å²) >= 11 is 6.40. The van der Waals surface area contributed by atoms with Crippen LogP contribution in [0.25, 0.3) is 0 Å². The highest BCUT2D eigenvalue weighted by molar-refractivity contribution is 14.1. The summed E-state index contributed by atoms with van der Waals surface area (Å²) in [5.74, 6) is -4.32. The van der Waals surface area contributed by atoms with E-state index < -0.39 is 35.5 Å². The van der Waals surface area contributed by atoms with Crippen LogP contribution in [-0.2, 0) is 19.2 Å². The van der Waals surface area contributed by atoms with Crippen LogP contribution in [0.1, 0.15) is 24.3 Å². The summed E-state index contributed by atoms with van der Waals surface area (Å²) in [6.07, 6.45) is 2.68. The topological polar surface area (TPSA) is 104 Å². The van der Waals surface area contributed by atoms with Gasteiger partial charge < -0.3 is 9.84 Å². The third-order valence-electron chi connectivity index (χ3n) is 9.45. The van der Waals surface area contributed by atoms with Crippen LogP contribution in [-0.4, -0.2) is 35.8 Å². The Morgan fingerprint density at radius 2 is 1.27 bits per heavy atom. The number of halogens is 3. The van der Waals surface area contributed by atoms with Gasteiger partial charge in [0.25, 0.3) is 0 Å². The van der Waals surface area contributed by atoms with E-state index >= 15 is 0 Å². The second kappa shape index (κ2) is 11.4. The molecular formula is C33H25I3N2O6. The first-order chi connectivity index (χ1) is 21.1. The minimum atomic E-state index is -0.703. The van der Waals surface area contributed by atoms with Gasteiger partial charge in [0.05, 0.1) is 45.7 Å². The quantitative estimate of drug-likeness (QED) is 0.189. The Bertz CT molecular complexity index is 1770. The third kappa shape index (κ3) is 4.62. The number of ether oxygens (including phenoxy) is 1. The molecule has 224 valence electrons. The Balaban J connectivity index is 1.35. The number of allylic oxidation sites excluding steroid dienone is 2. The van der Waals surface area contributed by atoms with Crippen molar-refractivity contribution in [2.45, 2.75) is 18.8 Å². The first kappa shape index (κ1) is 30.1. The predicted molar refractivity (Wildman–Crippen MR) is 188 cm³/mol. The largest absolute Gasteiger partial charge is 0.504 e. The first-order valence-corrected chi connectivity index (χ1v) is 17.4. The van der Waals surface area contributed by atoms with E-state index in [9.17, 15) is 24.3 Å². The number of amides is 4. The maximum atomic E-state index is 14.3. The number of benzene rings is 3. The molecule has 2 heterocycles. The molecule has 11 heteroatoms. The molecule has 4 amide bonds. The summed E-state index contributed by atoms with van der Waals surface area (Å²) in [6, 6.07) is 18.1. The van der Waals surface area contributed by atoms with Crippen LogP contribution in [0, 0.1) is 40.3 Å². The highest BCUT2D eigenvalue weighted by atomic mass is 127. The molecule has 2 aliphatic carbocycles. The minimum Gasteiger partial charge on any atom is -0.504 e. The number of rotatable bonds is 4. The fourth-order valence-corrected chi connectivity index (χ4v) is 8.93. The number of hydrogen-bond donors (Lipinski definition) is 1. The van der Waals surface area contributed by atoms with Gasteiger partial charge in [0.2, 0.25) is 23.6 Å². The van der Waals surface area contributed by atoms with E-state index in [0.717, 1.165) is 18.3 Å². The van der Waals surface area contributed by atoms with Gasteiger partial charge in [-0.1, -0.05) is 11.6 Å². The Morgan fingerprint density at radius 3 is 1.84 bits per heavy atom. The molecule has 3 aromatic rings. The van der Waals surface area contributed by atoms with Gasteiger partial charge >= 0.3 is 0 Å². The average Bonchev–Trinajstić information content (AvgIpc) is 3.42. The van der Waals surface area contributed by atoms with E-state index in [-0.39, 0.29) is 35.1 Å². The molecule has 0 spiro atoms. The van der Waals surface area contributed by atoms with Crippen molar-refractivity contribution >= 4 is 103 Å². The molecule has 3 fully saturated rings. The predicted octanol–water partition coefficient (Wildman–Crippen LogP) is 6.26. The Hall–Kier alpha value is -2.53. The normalized spacial score (nSPS) is 27.7. The maximum absolute atomic E-state index is 14.3. The van der Waals surface area contributed by atoms with Gasteiger partial charge in [0.15, 0.2) is 11.5 Å². The van der Waals surface area contributed by atoms with Crippen molar-refractivity contribution in [3.8, 4) is 11.5 Å². The van der Waals surface area contributed by atoms with E-state index in [1.807, 2.05) is 59.0 Å². The van der Waals surface area contributed by atoms with Crippen LogP contribution in [0.5, 0.6) is 11.5 Å². The summed E-state index contributed by atoms with van der Waals surface area (Å²) in [4.78, 5) is 58.9. The molecule has 0 bridgehead atoms. The Labute approximate surface area is 294 Å². The fraction of sp³-hybridized carbons (Fsp3) is 0.273. The highest BCUT2D eigenvalue weighted by Gasteiger charge is 2.62. The van der Waals surface area contributed by atoms with Gasteiger partial charge in [-0.25, -0.2) is 0 Å². The van der Waals surface area contributed by atoms with Crippen molar-refractivity contribution in [3.63, 3.8) is 0 Å². The van der Waals surface area contributed by atoms with Gasteiger partial charge in [0, 0.05) is 13.1 Å². The zero-order valence-electron chi connectivity index (χ0n) is 23.2. The first-order valence-electron chi connectivity index (χ1n) is 14.1. The van der Waals surface area contributed by atoms with Crippen molar-refractivity contribution in [2.24, 2.45) is 29.6 Å². The molecule has 1 N–H and O–H groups in total. The summed E-state index contributed by atoms with van der Waals surface area (Å²) in [5, 5.41) is 10.6. The average molecular weight is 926 g/mol. The second-order valence-corrected chi connectivity index (χ2v) is 15.2. The number of nitrogens with zero attached hydrogens (tertiary/aromatic N) is 2. The van der Waals surface area contributed by atoms with E-state index in [1.54, 1.807) is 30.3 Å². The fourth-order valence-electron chi connectivity index (χ4n) is 7.58. The van der Waals surface area contributed by atoms with Crippen molar-refractivity contribution in [1.82, 2.24) is 0 Å². The number of carbonyl (C=O) groups excluding carboxylic acids is 4. The number of fused-ring (bicyclic) bond motifs is 4. The highest BCUT2D eigenvalue weighted by Crippen LogP contribution is 2.59. The molecule has 2 aliphatic heterocycles. The minimum absolute atomic E-state index is 0.00230. The van der Waals surface area contributed by atoms with Gasteiger partial charge in [-0.2, -0.15) is 0 Å². The van der Waals surface area contributed by atoms with Crippen LogP contribution in [0.4, 0.5) is 11.4 Å². The molecule has 1 saturated carbocycles. The molecule has 3 aromatic carbocycles. The van der Waals surface area contributed by atoms with Crippen LogP contribution in [0.2, 0.25) is 0 Å². The van der Waals surface area contributed by atoms with Crippen molar-refractivity contribution in [2.75, 3.05) is 16.9 Å². The van der Waals surface area contributed by atoms with Gasteiger partial charge in [-0.05, 0) is 153 Å². The lowest BCUT2D eigenvalue weighted by Crippen LogP contribution is -2.43. The van der Waals surface area contributed by atoms with Gasteiger partial charge in [-0.3, -0.25) is 29.0 Å². The lowest BCUT2D eigenvalue weighted by Gasteiger charge is -2.44. The molecule has 0 radical (unpaired) electrons. The monoisotopic (exact) mass is 926 g/mol. The van der Waals surface area contributed by atoms with Crippen LogP contribution in [0.3, 0.4) is 0 Å². The molecule has 0 unspecified atom stereocenters. The molecular weight excluding hydrogens is 901 g/mol. The molecule has 44 heavy (non-hydrogen) atoms. The van der Waals surface area contributed by atoms with E-state index in [4.69, 9.17) is 4.74 Å².